The number of hydrogen-bond donors (Lipinski definition) is 1. The summed E-state index contributed by atoms with van der Waals surface area (Å²) in [5.41, 5.74) is 1.65. The van der Waals surface area contributed by atoms with Gasteiger partial charge in [-0.25, -0.2) is 0 Å². The largest absolute Gasteiger partial charge is 0.493 e. The van der Waals surface area contributed by atoms with E-state index < -0.39 is 0 Å². The third-order valence-corrected chi connectivity index (χ3v) is 4.79. The van der Waals surface area contributed by atoms with Crippen molar-refractivity contribution in [3.8, 4) is 28.0 Å². The fraction of sp³-hybridized carbons (Fsp3) is 0.250. The molecule has 3 rings (SSSR count). The Morgan fingerprint density at radius 2 is 1.93 bits per heavy atom. The minimum Gasteiger partial charge on any atom is -0.493 e. The first kappa shape index (κ1) is 19.6. The predicted octanol–water partition coefficient (Wildman–Crippen LogP) is 2.96. The molecule has 146 valence electrons. The Kier molecular flexibility index (Phi) is 6.80. The summed E-state index contributed by atoms with van der Waals surface area (Å²) < 4.78 is 16.0. The van der Waals surface area contributed by atoms with E-state index in [1.165, 1.54) is 0 Å². The first-order chi connectivity index (χ1) is 13.7. The van der Waals surface area contributed by atoms with Crippen molar-refractivity contribution in [3.05, 3.63) is 53.4 Å². The number of amides is 1. The van der Waals surface area contributed by atoms with Crippen molar-refractivity contribution < 1.29 is 19.0 Å². The van der Waals surface area contributed by atoms with Gasteiger partial charge in [-0.15, -0.1) is 21.5 Å². The number of aromatic nitrogens is 2. The van der Waals surface area contributed by atoms with E-state index in [4.69, 9.17) is 14.2 Å². The highest BCUT2D eigenvalue weighted by Gasteiger charge is 2.08. The highest BCUT2D eigenvalue weighted by molar-refractivity contribution is 7.13. The molecular formula is C20H21N3O4S. The van der Waals surface area contributed by atoms with Gasteiger partial charge in [0, 0.05) is 6.07 Å². The number of nitrogens with one attached hydrogen (secondary N) is 1. The van der Waals surface area contributed by atoms with E-state index in [0.29, 0.717) is 30.5 Å². The lowest BCUT2D eigenvalue weighted by Crippen LogP contribution is -2.29. The van der Waals surface area contributed by atoms with Crippen LogP contribution in [0.4, 0.5) is 0 Å². The average molecular weight is 399 g/mol. The van der Waals surface area contributed by atoms with Crippen LogP contribution >= 0.6 is 11.3 Å². The molecule has 2 aromatic heterocycles. The lowest BCUT2D eigenvalue weighted by molar-refractivity contribution is -0.120. The number of thiophene rings is 1. The monoisotopic (exact) mass is 399 g/mol. The first-order valence-electron chi connectivity index (χ1n) is 8.67. The Morgan fingerprint density at radius 3 is 2.61 bits per heavy atom. The van der Waals surface area contributed by atoms with Gasteiger partial charge in [-0.1, -0.05) is 12.1 Å². The van der Waals surface area contributed by atoms with Crippen molar-refractivity contribution in [3.63, 3.8) is 0 Å². The van der Waals surface area contributed by atoms with Crippen LogP contribution in [0.1, 0.15) is 5.56 Å². The molecule has 0 aliphatic carbocycles. The molecule has 0 saturated carbocycles. The molecule has 0 aliphatic rings. The molecule has 0 unspecified atom stereocenters. The third-order valence-electron chi connectivity index (χ3n) is 3.90. The maximum Gasteiger partial charge on any atom is 0.233 e. The molecule has 2 heterocycles. The zero-order valence-corrected chi connectivity index (χ0v) is 16.5. The van der Waals surface area contributed by atoms with Gasteiger partial charge in [0.05, 0.1) is 32.1 Å². The van der Waals surface area contributed by atoms with Crippen LogP contribution in [0.3, 0.4) is 0 Å². The number of nitrogens with zero attached hydrogens (tertiary/aromatic N) is 2. The van der Waals surface area contributed by atoms with Gasteiger partial charge in [0.2, 0.25) is 11.8 Å². The fourth-order valence-electron chi connectivity index (χ4n) is 2.54. The number of carbonyl (C=O) groups excluding carboxylic acids is 1. The van der Waals surface area contributed by atoms with Gasteiger partial charge >= 0.3 is 0 Å². The molecule has 0 saturated heterocycles. The summed E-state index contributed by atoms with van der Waals surface area (Å²) in [6.45, 7) is 0.686. The van der Waals surface area contributed by atoms with Crippen LogP contribution in [0.15, 0.2) is 47.8 Å². The van der Waals surface area contributed by atoms with Crippen molar-refractivity contribution in [1.29, 1.82) is 0 Å². The molecule has 1 aromatic carbocycles. The molecule has 1 amide bonds. The van der Waals surface area contributed by atoms with E-state index >= 15 is 0 Å². The number of methoxy groups -OCH3 is 2. The van der Waals surface area contributed by atoms with Crippen molar-refractivity contribution in [1.82, 2.24) is 15.5 Å². The van der Waals surface area contributed by atoms with Gasteiger partial charge in [-0.2, -0.15) is 0 Å². The van der Waals surface area contributed by atoms with Crippen molar-refractivity contribution >= 4 is 17.2 Å². The normalized spacial score (nSPS) is 10.4. The number of carbonyl (C=O) groups is 1. The van der Waals surface area contributed by atoms with Crippen molar-refractivity contribution in [2.24, 2.45) is 0 Å². The zero-order valence-electron chi connectivity index (χ0n) is 15.7. The van der Waals surface area contributed by atoms with Crippen LogP contribution < -0.4 is 19.5 Å². The lowest BCUT2D eigenvalue weighted by atomic mass is 10.1. The molecule has 28 heavy (non-hydrogen) atoms. The minimum absolute atomic E-state index is 0.102. The molecular weight excluding hydrogens is 378 g/mol. The first-order valence-corrected chi connectivity index (χ1v) is 9.55. The highest BCUT2D eigenvalue weighted by Crippen LogP contribution is 2.27. The highest BCUT2D eigenvalue weighted by atomic mass is 32.1. The second-order valence-corrected chi connectivity index (χ2v) is 6.75. The summed E-state index contributed by atoms with van der Waals surface area (Å²) in [5, 5.41) is 13.0. The second kappa shape index (κ2) is 9.70. The maximum atomic E-state index is 12.1. The fourth-order valence-corrected chi connectivity index (χ4v) is 3.23. The molecule has 0 spiro atoms. The number of ether oxygens (including phenoxy) is 3. The van der Waals surface area contributed by atoms with Crippen LogP contribution in [0, 0.1) is 0 Å². The van der Waals surface area contributed by atoms with Crippen molar-refractivity contribution in [2.75, 3.05) is 27.4 Å². The Labute approximate surface area is 167 Å². The van der Waals surface area contributed by atoms with E-state index in [-0.39, 0.29) is 12.3 Å². The molecule has 8 heteroatoms. The Bertz CT molecular complexity index is 898. The van der Waals surface area contributed by atoms with Crippen LogP contribution in [0.25, 0.3) is 10.6 Å². The van der Waals surface area contributed by atoms with Crippen LogP contribution in [0.5, 0.6) is 17.4 Å². The van der Waals surface area contributed by atoms with Gasteiger partial charge in [0.1, 0.15) is 12.3 Å². The van der Waals surface area contributed by atoms with Crippen molar-refractivity contribution in [2.45, 2.75) is 6.42 Å². The molecule has 0 aliphatic heterocycles. The third kappa shape index (κ3) is 5.20. The van der Waals surface area contributed by atoms with Crippen LogP contribution in [-0.4, -0.2) is 43.5 Å². The molecule has 7 nitrogen and oxygen atoms in total. The van der Waals surface area contributed by atoms with E-state index in [9.17, 15) is 4.79 Å². The molecule has 0 bridgehead atoms. The average Bonchev–Trinajstić information content (AvgIpc) is 3.26. The predicted molar refractivity (Wildman–Crippen MR) is 107 cm³/mol. The summed E-state index contributed by atoms with van der Waals surface area (Å²) in [6, 6.07) is 13.0. The SMILES string of the molecule is COc1ccc(CC(=O)NCCOc2ccc(-c3cccs3)nn2)cc1OC. The summed E-state index contributed by atoms with van der Waals surface area (Å²) in [5.74, 6) is 1.55. The second-order valence-electron chi connectivity index (χ2n) is 5.80. The Hall–Kier alpha value is -3.13. The number of hydrogen-bond acceptors (Lipinski definition) is 7. The van der Waals surface area contributed by atoms with E-state index in [1.807, 2.05) is 29.6 Å². The molecule has 0 radical (unpaired) electrons. The van der Waals surface area contributed by atoms with E-state index in [1.54, 1.807) is 43.8 Å². The Balaban J connectivity index is 1.42. The van der Waals surface area contributed by atoms with Gasteiger partial charge in [-0.05, 0) is 35.2 Å². The van der Waals surface area contributed by atoms with E-state index in [2.05, 4.69) is 15.5 Å². The molecule has 3 aromatic rings. The summed E-state index contributed by atoms with van der Waals surface area (Å²) in [4.78, 5) is 13.1. The topological polar surface area (TPSA) is 82.6 Å². The standard InChI is InChI=1S/C20H21N3O4S/c1-25-16-7-5-14(12-17(16)26-2)13-19(24)21-9-10-27-20-8-6-15(22-23-20)18-4-3-11-28-18/h3-8,11-12H,9-10,13H2,1-2H3,(H,21,24). The molecule has 0 atom stereocenters. The summed E-state index contributed by atoms with van der Waals surface area (Å²) in [7, 11) is 3.14. The molecule has 0 fully saturated rings. The van der Waals surface area contributed by atoms with Gasteiger partial charge in [0.25, 0.3) is 0 Å². The minimum atomic E-state index is -0.102. The smallest absolute Gasteiger partial charge is 0.233 e. The van der Waals surface area contributed by atoms with Gasteiger partial charge in [-0.3, -0.25) is 4.79 Å². The number of rotatable bonds is 9. The Morgan fingerprint density at radius 1 is 1.07 bits per heavy atom. The van der Waals surface area contributed by atoms with Gasteiger partial charge in [0.15, 0.2) is 11.5 Å². The maximum absolute atomic E-state index is 12.1. The lowest BCUT2D eigenvalue weighted by Gasteiger charge is -2.10. The number of benzene rings is 1. The van der Waals surface area contributed by atoms with E-state index in [0.717, 1.165) is 16.1 Å². The van der Waals surface area contributed by atoms with Crippen LogP contribution in [0.2, 0.25) is 0 Å². The summed E-state index contributed by atoms with van der Waals surface area (Å²) >= 11 is 1.61. The zero-order chi connectivity index (χ0) is 19.8. The molecule has 1 N–H and O–H groups in total. The van der Waals surface area contributed by atoms with Gasteiger partial charge < -0.3 is 19.5 Å². The summed E-state index contributed by atoms with van der Waals surface area (Å²) in [6.07, 6.45) is 0.246. The van der Waals surface area contributed by atoms with Crippen LogP contribution in [-0.2, 0) is 11.2 Å². The quantitative estimate of drug-likeness (QED) is 0.557.